The topological polar surface area (TPSA) is 12.5 Å². The van der Waals surface area contributed by atoms with Crippen molar-refractivity contribution in [3.8, 4) is 22.6 Å². The van der Waals surface area contributed by atoms with Gasteiger partial charge in [0, 0.05) is 28.1 Å². The van der Waals surface area contributed by atoms with Crippen LogP contribution in [0.15, 0.2) is 164 Å². The highest BCUT2D eigenvalue weighted by Crippen LogP contribution is 2.65. The monoisotopic (exact) mass is 549 g/mol. The molecule has 0 bridgehead atoms. The molecule has 0 N–H and O–H groups in total. The largest absolute Gasteiger partial charge is 0.457 e. The molecule has 2 nitrogen and oxygen atoms in total. The molecule has 0 saturated heterocycles. The third kappa shape index (κ3) is 3.35. The standard InChI is InChI=1S/C41H27NO/c1-3-16-30(17-4-1)42(31-18-5-2-6-19-31)37-24-13-21-33-32-20-9-10-22-34(32)41(40(33)37)35-23-11-12-25-38(35)43-39-27-29-15-8-7-14-28(29)26-36(39)41/h1-27H. The van der Waals surface area contributed by atoms with Crippen molar-refractivity contribution in [3.05, 3.63) is 186 Å². The van der Waals surface area contributed by atoms with Gasteiger partial charge in [0.1, 0.15) is 11.5 Å². The summed E-state index contributed by atoms with van der Waals surface area (Å²) in [5.41, 5.74) is 10.2. The summed E-state index contributed by atoms with van der Waals surface area (Å²) >= 11 is 0. The third-order valence-corrected chi connectivity index (χ3v) is 9.07. The summed E-state index contributed by atoms with van der Waals surface area (Å²) in [7, 11) is 0. The van der Waals surface area contributed by atoms with Crippen LogP contribution in [0.25, 0.3) is 21.9 Å². The average molecular weight is 550 g/mol. The number of anilines is 3. The molecule has 1 atom stereocenters. The number of ether oxygens (including phenoxy) is 1. The fourth-order valence-corrected chi connectivity index (χ4v) is 7.39. The van der Waals surface area contributed by atoms with E-state index in [0.717, 1.165) is 34.1 Å². The van der Waals surface area contributed by atoms with Gasteiger partial charge in [-0.2, -0.15) is 0 Å². The quantitative estimate of drug-likeness (QED) is 0.217. The summed E-state index contributed by atoms with van der Waals surface area (Å²) in [4.78, 5) is 2.41. The lowest BCUT2D eigenvalue weighted by molar-refractivity contribution is 0.437. The number of benzene rings is 7. The molecule has 1 aliphatic heterocycles. The van der Waals surface area contributed by atoms with Crippen molar-refractivity contribution in [1.82, 2.24) is 0 Å². The minimum atomic E-state index is -0.585. The molecule has 0 aromatic heterocycles. The Kier molecular flexibility index (Phi) is 5.15. The molecule has 9 rings (SSSR count). The zero-order chi connectivity index (χ0) is 28.4. The molecule has 202 valence electrons. The van der Waals surface area contributed by atoms with E-state index in [-0.39, 0.29) is 0 Å². The molecule has 2 aliphatic rings. The van der Waals surface area contributed by atoms with Crippen molar-refractivity contribution in [1.29, 1.82) is 0 Å². The van der Waals surface area contributed by atoms with Gasteiger partial charge in [-0.1, -0.05) is 115 Å². The van der Waals surface area contributed by atoms with Crippen LogP contribution in [0.4, 0.5) is 17.1 Å². The van der Waals surface area contributed by atoms with Gasteiger partial charge in [0.2, 0.25) is 0 Å². The van der Waals surface area contributed by atoms with Gasteiger partial charge in [-0.25, -0.2) is 0 Å². The maximum atomic E-state index is 6.76. The van der Waals surface area contributed by atoms with E-state index in [1.165, 1.54) is 38.6 Å². The minimum absolute atomic E-state index is 0.585. The van der Waals surface area contributed by atoms with E-state index >= 15 is 0 Å². The first kappa shape index (κ1) is 24.0. The Hall–Kier alpha value is -5.60. The predicted octanol–water partition coefficient (Wildman–Crippen LogP) is 10.8. The van der Waals surface area contributed by atoms with E-state index in [4.69, 9.17) is 4.74 Å². The zero-order valence-electron chi connectivity index (χ0n) is 23.4. The van der Waals surface area contributed by atoms with Gasteiger partial charge >= 0.3 is 0 Å². The van der Waals surface area contributed by atoms with Gasteiger partial charge in [-0.05, 0) is 76.0 Å². The maximum Gasteiger partial charge on any atom is 0.132 e. The van der Waals surface area contributed by atoms with Crippen LogP contribution in [0.3, 0.4) is 0 Å². The Labute approximate surface area is 251 Å². The van der Waals surface area contributed by atoms with Crippen LogP contribution < -0.4 is 9.64 Å². The van der Waals surface area contributed by atoms with Crippen molar-refractivity contribution >= 4 is 27.8 Å². The summed E-state index contributed by atoms with van der Waals surface area (Å²) in [5.74, 6) is 1.80. The Balaban J connectivity index is 1.47. The van der Waals surface area contributed by atoms with Crippen molar-refractivity contribution in [3.63, 3.8) is 0 Å². The molecule has 7 aromatic rings. The fourth-order valence-electron chi connectivity index (χ4n) is 7.39. The van der Waals surface area contributed by atoms with E-state index in [0.29, 0.717) is 0 Å². The Bertz CT molecular complexity index is 2130. The molecule has 0 fully saturated rings. The molecular formula is C41H27NO. The molecule has 0 saturated carbocycles. The summed E-state index contributed by atoms with van der Waals surface area (Å²) in [5, 5.41) is 2.38. The van der Waals surface area contributed by atoms with E-state index in [9.17, 15) is 0 Å². The molecule has 7 aromatic carbocycles. The first-order valence-electron chi connectivity index (χ1n) is 14.8. The second kappa shape index (κ2) is 9.20. The van der Waals surface area contributed by atoms with E-state index in [1.807, 2.05) is 0 Å². The summed E-state index contributed by atoms with van der Waals surface area (Å²) < 4.78 is 6.76. The van der Waals surface area contributed by atoms with E-state index in [2.05, 4.69) is 169 Å². The number of rotatable bonds is 3. The Morgan fingerprint density at radius 3 is 1.74 bits per heavy atom. The molecule has 1 unspecified atom stereocenters. The van der Waals surface area contributed by atoms with Crippen LogP contribution in [0.5, 0.6) is 11.5 Å². The highest BCUT2D eigenvalue weighted by atomic mass is 16.5. The fraction of sp³-hybridized carbons (Fsp3) is 0.0244. The zero-order valence-corrected chi connectivity index (χ0v) is 23.4. The SMILES string of the molecule is c1ccc(N(c2ccccc2)c2cccc3c2C2(c4ccccc4Oc4cc5ccccc5cc42)c2ccccc2-3)cc1. The molecule has 0 amide bonds. The van der Waals surface area contributed by atoms with Crippen LogP contribution >= 0.6 is 0 Å². The van der Waals surface area contributed by atoms with E-state index < -0.39 is 5.41 Å². The van der Waals surface area contributed by atoms with Crippen molar-refractivity contribution < 1.29 is 4.74 Å². The predicted molar refractivity (Wildman–Crippen MR) is 176 cm³/mol. The highest BCUT2D eigenvalue weighted by Gasteiger charge is 2.53. The smallest absolute Gasteiger partial charge is 0.132 e. The highest BCUT2D eigenvalue weighted by molar-refractivity contribution is 5.97. The molecule has 1 aliphatic carbocycles. The van der Waals surface area contributed by atoms with Crippen LogP contribution in [-0.4, -0.2) is 0 Å². The van der Waals surface area contributed by atoms with Gasteiger partial charge in [0.15, 0.2) is 0 Å². The van der Waals surface area contributed by atoms with Crippen molar-refractivity contribution in [2.24, 2.45) is 0 Å². The number of para-hydroxylation sites is 3. The van der Waals surface area contributed by atoms with Crippen molar-refractivity contribution in [2.45, 2.75) is 5.41 Å². The average Bonchev–Trinajstić information content (AvgIpc) is 3.37. The summed E-state index contributed by atoms with van der Waals surface area (Å²) in [6.45, 7) is 0. The number of hydrogen-bond acceptors (Lipinski definition) is 2. The summed E-state index contributed by atoms with van der Waals surface area (Å²) in [6.07, 6.45) is 0. The van der Waals surface area contributed by atoms with Crippen LogP contribution in [0.2, 0.25) is 0 Å². The summed E-state index contributed by atoms with van der Waals surface area (Å²) in [6, 6.07) is 58.9. The van der Waals surface area contributed by atoms with Crippen LogP contribution in [-0.2, 0) is 5.41 Å². The van der Waals surface area contributed by atoms with Crippen LogP contribution in [0.1, 0.15) is 22.3 Å². The second-order valence-electron chi connectivity index (χ2n) is 11.3. The molecule has 0 radical (unpaired) electrons. The Morgan fingerprint density at radius 2 is 1.00 bits per heavy atom. The lowest BCUT2D eigenvalue weighted by Crippen LogP contribution is -2.33. The van der Waals surface area contributed by atoms with Crippen molar-refractivity contribution in [2.75, 3.05) is 4.90 Å². The Morgan fingerprint density at radius 1 is 0.419 bits per heavy atom. The van der Waals surface area contributed by atoms with Gasteiger partial charge in [-0.15, -0.1) is 0 Å². The van der Waals surface area contributed by atoms with Crippen LogP contribution in [0, 0.1) is 0 Å². The van der Waals surface area contributed by atoms with Gasteiger partial charge in [0.25, 0.3) is 0 Å². The molecule has 1 spiro atoms. The lowest BCUT2D eigenvalue weighted by Gasteiger charge is -2.41. The van der Waals surface area contributed by atoms with Gasteiger partial charge in [0.05, 0.1) is 11.1 Å². The molecule has 43 heavy (non-hydrogen) atoms. The number of nitrogens with zero attached hydrogens (tertiary/aromatic N) is 1. The first-order valence-corrected chi connectivity index (χ1v) is 14.8. The minimum Gasteiger partial charge on any atom is -0.457 e. The van der Waals surface area contributed by atoms with Gasteiger partial charge in [-0.3, -0.25) is 0 Å². The number of hydrogen-bond donors (Lipinski definition) is 0. The molecule has 2 heteroatoms. The second-order valence-corrected chi connectivity index (χ2v) is 11.3. The number of fused-ring (bicyclic) bond motifs is 10. The molecular weight excluding hydrogens is 522 g/mol. The lowest BCUT2D eigenvalue weighted by atomic mass is 9.65. The maximum absolute atomic E-state index is 6.76. The third-order valence-electron chi connectivity index (χ3n) is 9.07. The van der Waals surface area contributed by atoms with Gasteiger partial charge < -0.3 is 9.64 Å². The van der Waals surface area contributed by atoms with E-state index in [1.54, 1.807) is 0 Å². The normalized spacial score (nSPS) is 15.7. The first-order chi connectivity index (χ1) is 21.3. The molecule has 1 heterocycles.